The maximum absolute atomic E-state index is 9.74. The van der Waals surface area contributed by atoms with Gasteiger partial charge in [-0.15, -0.1) is 0 Å². The maximum Gasteiger partial charge on any atom is 0.124 e. The van der Waals surface area contributed by atoms with E-state index in [0.717, 1.165) is 24.7 Å². The van der Waals surface area contributed by atoms with Gasteiger partial charge in [0, 0.05) is 6.04 Å². The molecule has 0 amide bonds. The van der Waals surface area contributed by atoms with E-state index in [1.54, 1.807) is 11.6 Å². The summed E-state index contributed by atoms with van der Waals surface area (Å²) in [4.78, 5) is 0. The molecule has 2 aliphatic carbocycles. The first-order valence-corrected chi connectivity index (χ1v) is 13.9. The largest absolute Gasteiger partial charge is 0.375 e. The molecule has 2 fully saturated rings. The van der Waals surface area contributed by atoms with Crippen molar-refractivity contribution >= 4 is 0 Å². The summed E-state index contributed by atoms with van der Waals surface area (Å²) < 4.78 is 0. The Balaban J connectivity index is 1.27. The summed E-state index contributed by atoms with van der Waals surface area (Å²) in [7, 11) is 0. The molecule has 0 aromatic heterocycles. The van der Waals surface area contributed by atoms with Crippen LogP contribution in [0.2, 0.25) is 0 Å². The van der Waals surface area contributed by atoms with Crippen LogP contribution < -0.4 is 5.32 Å². The molecule has 0 saturated heterocycles. The Bertz CT molecular complexity index is 855. The Labute approximate surface area is 207 Å². The van der Waals surface area contributed by atoms with Crippen LogP contribution in [0.4, 0.5) is 0 Å². The predicted molar refractivity (Wildman–Crippen MR) is 145 cm³/mol. The molecule has 184 valence electrons. The minimum Gasteiger partial charge on any atom is -0.375 e. The Morgan fingerprint density at radius 1 is 0.794 bits per heavy atom. The van der Waals surface area contributed by atoms with E-state index >= 15 is 0 Å². The number of benzene rings is 2. The number of nitrogens with one attached hydrogen (secondary N) is 1. The van der Waals surface area contributed by atoms with Gasteiger partial charge in [-0.25, -0.2) is 0 Å². The summed E-state index contributed by atoms with van der Waals surface area (Å²) in [6.45, 7) is 5.95. The summed E-state index contributed by atoms with van der Waals surface area (Å²) in [5.41, 5.74) is 5.65. The SMILES string of the molecule is C=CC(O)NC1CCC(c2ccc(-c3ccc(C4CCC(CCCCC)CC4)cc3)cc2)CC1. The van der Waals surface area contributed by atoms with E-state index in [4.69, 9.17) is 0 Å². The molecule has 0 radical (unpaired) electrons. The lowest BCUT2D eigenvalue weighted by atomic mass is 9.77. The fourth-order valence-electron chi connectivity index (χ4n) is 6.27. The molecule has 4 rings (SSSR count). The van der Waals surface area contributed by atoms with E-state index in [-0.39, 0.29) is 0 Å². The second kappa shape index (κ2) is 12.7. The number of hydrogen-bond acceptors (Lipinski definition) is 2. The van der Waals surface area contributed by atoms with Crippen LogP contribution in [0.25, 0.3) is 11.1 Å². The molecule has 2 nitrogen and oxygen atoms in total. The fourth-order valence-corrected chi connectivity index (χ4v) is 6.27. The maximum atomic E-state index is 9.74. The molecule has 2 saturated carbocycles. The first-order chi connectivity index (χ1) is 16.7. The van der Waals surface area contributed by atoms with Gasteiger partial charge in [-0.2, -0.15) is 0 Å². The average Bonchev–Trinajstić information content (AvgIpc) is 2.90. The lowest BCUT2D eigenvalue weighted by Gasteiger charge is -2.30. The van der Waals surface area contributed by atoms with Crippen LogP contribution in [0.1, 0.15) is 107 Å². The minimum atomic E-state index is -0.585. The van der Waals surface area contributed by atoms with E-state index in [9.17, 15) is 5.11 Å². The van der Waals surface area contributed by atoms with Crippen LogP contribution in [0.3, 0.4) is 0 Å². The van der Waals surface area contributed by atoms with Crippen LogP contribution in [0.5, 0.6) is 0 Å². The Morgan fingerprint density at radius 3 is 1.76 bits per heavy atom. The smallest absolute Gasteiger partial charge is 0.124 e. The van der Waals surface area contributed by atoms with Crippen molar-refractivity contribution in [1.29, 1.82) is 0 Å². The van der Waals surface area contributed by atoms with Gasteiger partial charge in [0.05, 0.1) is 0 Å². The van der Waals surface area contributed by atoms with Crippen molar-refractivity contribution in [1.82, 2.24) is 5.32 Å². The normalized spacial score (nSPS) is 26.2. The third-order valence-corrected chi connectivity index (χ3v) is 8.52. The van der Waals surface area contributed by atoms with Crippen LogP contribution in [-0.2, 0) is 0 Å². The quantitative estimate of drug-likeness (QED) is 0.213. The summed E-state index contributed by atoms with van der Waals surface area (Å²) in [6, 6.07) is 19.1. The number of hydrogen-bond donors (Lipinski definition) is 2. The van der Waals surface area contributed by atoms with Gasteiger partial charge >= 0.3 is 0 Å². The molecule has 2 aromatic rings. The summed E-state index contributed by atoms with van der Waals surface area (Å²) in [5, 5.41) is 13.0. The Hall–Kier alpha value is -1.90. The minimum absolute atomic E-state index is 0.401. The monoisotopic (exact) mass is 459 g/mol. The molecule has 2 heteroatoms. The van der Waals surface area contributed by atoms with Crippen molar-refractivity contribution in [2.75, 3.05) is 0 Å². The highest BCUT2D eigenvalue weighted by Gasteiger charge is 2.24. The molecular formula is C32H45NO. The van der Waals surface area contributed by atoms with E-state index < -0.39 is 6.23 Å². The molecule has 0 aliphatic heterocycles. The topological polar surface area (TPSA) is 32.3 Å². The van der Waals surface area contributed by atoms with Crippen LogP contribution in [0, 0.1) is 5.92 Å². The van der Waals surface area contributed by atoms with E-state index in [1.807, 2.05) is 0 Å². The summed E-state index contributed by atoms with van der Waals surface area (Å²) in [6.07, 6.45) is 16.8. The predicted octanol–water partition coefficient (Wildman–Crippen LogP) is 8.33. The van der Waals surface area contributed by atoms with Crippen molar-refractivity contribution in [3.63, 3.8) is 0 Å². The zero-order chi connectivity index (χ0) is 23.8. The molecule has 0 bridgehead atoms. The highest BCUT2D eigenvalue weighted by molar-refractivity contribution is 5.64. The molecule has 2 aromatic carbocycles. The van der Waals surface area contributed by atoms with E-state index in [0.29, 0.717) is 12.0 Å². The van der Waals surface area contributed by atoms with Gasteiger partial charge in [-0.1, -0.05) is 87.7 Å². The number of rotatable bonds is 10. The molecule has 34 heavy (non-hydrogen) atoms. The first kappa shape index (κ1) is 25.2. The molecule has 0 spiro atoms. The number of aliphatic hydroxyl groups excluding tert-OH is 1. The van der Waals surface area contributed by atoms with Gasteiger partial charge in [0.1, 0.15) is 6.23 Å². The van der Waals surface area contributed by atoms with Crippen molar-refractivity contribution in [3.05, 3.63) is 72.3 Å². The molecule has 2 aliphatic rings. The van der Waals surface area contributed by atoms with Gasteiger partial charge < -0.3 is 5.11 Å². The van der Waals surface area contributed by atoms with Crippen LogP contribution in [-0.4, -0.2) is 17.4 Å². The highest BCUT2D eigenvalue weighted by Crippen LogP contribution is 2.39. The fraction of sp³-hybridized carbons (Fsp3) is 0.562. The second-order valence-corrected chi connectivity index (χ2v) is 10.9. The highest BCUT2D eigenvalue weighted by atomic mass is 16.3. The lowest BCUT2D eigenvalue weighted by molar-refractivity contribution is 0.153. The van der Waals surface area contributed by atoms with Crippen molar-refractivity contribution in [3.8, 4) is 11.1 Å². The number of unbranched alkanes of at least 4 members (excludes halogenated alkanes) is 2. The second-order valence-electron chi connectivity index (χ2n) is 10.9. The Morgan fingerprint density at radius 2 is 1.29 bits per heavy atom. The first-order valence-electron chi connectivity index (χ1n) is 13.9. The van der Waals surface area contributed by atoms with Crippen LogP contribution in [0.15, 0.2) is 61.2 Å². The number of aliphatic hydroxyl groups is 1. The van der Waals surface area contributed by atoms with E-state index in [1.165, 1.54) is 80.9 Å². The third kappa shape index (κ3) is 6.83. The Kier molecular flexibility index (Phi) is 9.41. The molecule has 0 heterocycles. The molecule has 1 unspecified atom stereocenters. The summed E-state index contributed by atoms with van der Waals surface area (Å²) >= 11 is 0. The van der Waals surface area contributed by atoms with E-state index in [2.05, 4.69) is 67.4 Å². The third-order valence-electron chi connectivity index (χ3n) is 8.52. The van der Waals surface area contributed by atoms with Gasteiger partial charge in [-0.3, -0.25) is 5.32 Å². The summed E-state index contributed by atoms with van der Waals surface area (Å²) in [5.74, 6) is 2.37. The average molecular weight is 460 g/mol. The standard InChI is InChI=1S/C32H45NO/c1-3-5-6-7-24-8-10-25(11-9-24)26-12-14-27(15-13-26)28-16-18-29(19-17-28)30-20-22-31(23-21-30)33-32(34)4-2/h4,12-19,24-25,30-34H,2-3,5-11,20-23H2,1H3. The van der Waals surface area contributed by atoms with Crippen molar-refractivity contribution < 1.29 is 5.11 Å². The molecule has 1 atom stereocenters. The van der Waals surface area contributed by atoms with Crippen molar-refractivity contribution in [2.45, 2.75) is 108 Å². The van der Waals surface area contributed by atoms with Crippen molar-refractivity contribution in [2.24, 2.45) is 5.92 Å². The lowest BCUT2D eigenvalue weighted by Crippen LogP contribution is -2.39. The van der Waals surface area contributed by atoms with Gasteiger partial charge in [0.15, 0.2) is 0 Å². The van der Waals surface area contributed by atoms with Crippen LogP contribution >= 0.6 is 0 Å². The van der Waals surface area contributed by atoms with Gasteiger partial charge in [-0.05, 0) is 97.5 Å². The zero-order valence-electron chi connectivity index (χ0n) is 21.2. The zero-order valence-corrected chi connectivity index (χ0v) is 21.2. The van der Waals surface area contributed by atoms with Gasteiger partial charge in [0.25, 0.3) is 0 Å². The van der Waals surface area contributed by atoms with Gasteiger partial charge in [0.2, 0.25) is 0 Å². The molecular weight excluding hydrogens is 414 g/mol. The molecule has 2 N–H and O–H groups in total.